The Bertz CT molecular complexity index is 2720. The molecule has 5 saturated heterocycles. The first-order chi connectivity index (χ1) is 34.5. The molecule has 5 amide bonds. The maximum Gasteiger partial charge on any atom is 0.238 e. The monoisotopic (exact) mass is 965 g/mol. The average molecular weight is 965 g/mol. The van der Waals surface area contributed by atoms with Crippen LogP contribution in [0.5, 0.6) is 0 Å². The summed E-state index contributed by atoms with van der Waals surface area (Å²) in [4.78, 5) is 97.3. The summed E-state index contributed by atoms with van der Waals surface area (Å²) in [5.74, 6) is 0.756. The lowest BCUT2D eigenvalue weighted by atomic mass is 9.73. The minimum Gasteiger partial charge on any atom is -0.366 e. The van der Waals surface area contributed by atoms with Crippen molar-refractivity contribution < 1.29 is 24.0 Å². The van der Waals surface area contributed by atoms with Gasteiger partial charge in [0.1, 0.15) is 5.52 Å². The molecule has 4 aromatic rings. The molecule has 6 aliphatic heterocycles. The topological polar surface area (TPSA) is 182 Å². The lowest BCUT2D eigenvalue weighted by Gasteiger charge is -2.48. The van der Waals surface area contributed by atoms with E-state index >= 15 is 4.79 Å². The zero-order valence-corrected chi connectivity index (χ0v) is 41.4. The largest absolute Gasteiger partial charge is 0.366 e. The van der Waals surface area contributed by atoms with Crippen LogP contribution >= 0.6 is 0 Å². The number of nitrogens with zero attached hydrogens (tertiary/aromatic N) is 10. The molecule has 2 saturated carbocycles. The first-order valence-corrected chi connectivity index (χ1v) is 26.9. The van der Waals surface area contributed by atoms with Crippen molar-refractivity contribution in [3.05, 3.63) is 54.1 Å². The fourth-order valence-corrected chi connectivity index (χ4v) is 13.1. The van der Waals surface area contributed by atoms with E-state index < -0.39 is 11.3 Å². The number of aromatic nitrogens is 5. The molecule has 17 heteroatoms. The number of fused-ring (bicyclic) bond motifs is 3. The zero-order chi connectivity index (χ0) is 48.5. The molecule has 0 bridgehead atoms. The minimum atomic E-state index is -0.677. The van der Waals surface area contributed by atoms with E-state index in [-0.39, 0.29) is 53.5 Å². The third kappa shape index (κ3) is 8.52. The van der Waals surface area contributed by atoms with Crippen molar-refractivity contribution in [3.8, 4) is 11.3 Å². The molecule has 7 fully saturated rings. The first-order valence-electron chi connectivity index (χ1n) is 26.9. The van der Waals surface area contributed by atoms with Gasteiger partial charge in [-0.1, -0.05) is 18.6 Å². The Morgan fingerprint density at radius 2 is 1.44 bits per heavy atom. The van der Waals surface area contributed by atoms with Crippen molar-refractivity contribution in [3.63, 3.8) is 0 Å². The highest BCUT2D eigenvalue weighted by atomic mass is 16.2. The highest BCUT2D eigenvalue weighted by Crippen LogP contribution is 2.52. The van der Waals surface area contributed by atoms with Gasteiger partial charge >= 0.3 is 0 Å². The van der Waals surface area contributed by atoms with Crippen LogP contribution < -0.4 is 20.4 Å². The smallest absolute Gasteiger partial charge is 0.238 e. The fourth-order valence-electron chi connectivity index (χ4n) is 13.1. The van der Waals surface area contributed by atoms with Gasteiger partial charge in [-0.05, 0) is 128 Å². The van der Waals surface area contributed by atoms with Gasteiger partial charge in [0, 0.05) is 111 Å². The van der Waals surface area contributed by atoms with E-state index in [0.717, 1.165) is 78.1 Å². The van der Waals surface area contributed by atoms with Crippen LogP contribution in [-0.4, -0.2) is 139 Å². The molecule has 2 N–H and O–H groups in total. The molecule has 0 radical (unpaired) electrons. The van der Waals surface area contributed by atoms with Crippen LogP contribution in [-0.2, 0) is 29.4 Å². The van der Waals surface area contributed by atoms with Crippen molar-refractivity contribution in [2.75, 3.05) is 67.5 Å². The normalized spacial score (nSPS) is 25.5. The standard InChI is InChI=1S/C54H68N12O5/c1-33(2)65-32-57-44-29-43(59-48(47(44)65)58-38-7-8-38)36-6-10-42-45(26-36)66(40-27-39(28-40)61-18-4-3-5-19-61)52(71)54(42)16-24-63(25-17-54)51(70)34-12-20-62(21-13-34)50(69)35-14-22-64(23-15-35)53-55-30-37(31-56-53)41-9-11-46(67)60-49(41)68/h6,10,26,29-35,38-41H,3-5,7-9,11-25,27-28H2,1-2H3,(H,58,59)(H,60,67,68)/t39?,40?,41-/m1/s1. The van der Waals surface area contributed by atoms with Crippen LogP contribution in [0.1, 0.15) is 133 Å². The number of anilines is 3. The number of benzene rings is 1. The maximum atomic E-state index is 15.2. The molecule has 1 aromatic carbocycles. The van der Waals surface area contributed by atoms with Crippen molar-refractivity contribution in [2.45, 2.75) is 146 Å². The van der Waals surface area contributed by atoms with Gasteiger partial charge in [0.15, 0.2) is 5.82 Å². The number of rotatable bonds is 10. The minimum absolute atomic E-state index is 0.0890. The molecule has 0 unspecified atom stereocenters. The molecule has 8 aliphatic rings. The second-order valence-electron chi connectivity index (χ2n) is 22.3. The summed E-state index contributed by atoms with van der Waals surface area (Å²) < 4.78 is 2.20. The number of carbonyl (C=O) groups excluding carboxylic acids is 5. The molecular weight excluding hydrogens is 897 g/mol. The Balaban J connectivity index is 0.695. The SMILES string of the molecule is CC(C)n1cnc2cc(-c3ccc4c(c3)N(C3CC(N5CCCCC5)C3)C(=O)C43CCN(C(=O)C4CCN(C(=O)C5CCN(c6ncc([C@H]7CCC(=O)NC7=O)cn6)CC5)CC4)CC3)nc(NC3CC3)c21. The van der Waals surface area contributed by atoms with Crippen LogP contribution in [0.15, 0.2) is 43.0 Å². The van der Waals surface area contributed by atoms with Gasteiger partial charge in [-0.25, -0.2) is 19.9 Å². The van der Waals surface area contributed by atoms with Crippen molar-refractivity contribution in [1.82, 2.24) is 44.5 Å². The molecule has 1 spiro atoms. The molecule has 2 aliphatic carbocycles. The van der Waals surface area contributed by atoms with E-state index in [2.05, 4.69) is 78.0 Å². The van der Waals surface area contributed by atoms with Crippen LogP contribution in [0.3, 0.4) is 0 Å². The van der Waals surface area contributed by atoms with E-state index in [9.17, 15) is 19.2 Å². The number of hydrogen-bond donors (Lipinski definition) is 2. The van der Waals surface area contributed by atoms with Gasteiger partial charge in [0.25, 0.3) is 0 Å². The quantitative estimate of drug-likeness (QED) is 0.179. The number of carbonyl (C=O) groups is 5. The third-order valence-electron chi connectivity index (χ3n) is 17.6. The van der Waals surface area contributed by atoms with Gasteiger partial charge < -0.3 is 34.4 Å². The molecule has 3 aromatic heterocycles. The highest BCUT2D eigenvalue weighted by molar-refractivity contribution is 6.09. The second kappa shape index (κ2) is 18.6. The van der Waals surface area contributed by atoms with Gasteiger partial charge in [-0.3, -0.25) is 29.3 Å². The fraction of sp³-hybridized carbons (Fsp3) is 0.611. The number of amides is 5. The maximum absolute atomic E-state index is 15.2. The summed E-state index contributed by atoms with van der Waals surface area (Å²) in [6.07, 6.45) is 18.0. The molecule has 12 rings (SSSR count). The van der Waals surface area contributed by atoms with E-state index in [4.69, 9.17) is 9.97 Å². The lowest BCUT2D eigenvalue weighted by molar-refractivity contribution is -0.144. The highest BCUT2D eigenvalue weighted by Gasteiger charge is 2.56. The molecule has 1 atom stereocenters. The Hall–Kier alpha value is -5.97. The molecule has 374 valence electrons. The first kappa shape index (κ1) is 46.1. The van der Waals surface area contributed by atoms with Gasteiger partial charge in [-0.15, -0.1) is 0 Å². The summed E-state index contributed by atoms with van der Waals surface area (Å²) in [6, 6.07) is 10.0. The van der Waals surface area contributed by atoms with Crippen LogP contribution in [0.4, 0.5) is 17.5 Å². The van der Waals surface area contributed by atoms with E-state index in [1.165, 1.54) is 19.3 Å². The number of pyridine rings is 1. The second-order valence-corrected chi connectivity index (χ2v) is 22.3. The summed E-state index contributed by atoms with van der Waals surface area (Å²) in [5, 5.41) is 6.10. The number of hydrogen-bond acceptors (Lipinski definition) is 12. The number of imide groups is 1. The molecular formula is C54H68N12O5. The van der Waals surface area contributed by atoms with Crippen LogP contribution in [0.25, 0.3) is 22.3 Å². The molecule has 9 heterocycles. The van der Waals surface area contributed by atoms with Gasteiger partial charge in [-0.2, -0.15) is 0 Å². The van der Waals surface area contributed by atoms with E-state index in [0.29, 0.717) is 114 Å². The summed E-state index contributed by atoms with van der Waals surface area (Å²) in [7, 11) is 0. The van der Waals surface area contributed by atoms with Gasteiger partial charge in [0.05, 0.1) is 28.9 Å². The molecule has 17 nitrogen and oxygen atoms in total. The Morgan fingerprint density at radius 3 is 2.10 bits per heavy atom. The molecule has 71 heavy (non-hydrogen) atoms. The van der Waals surface area contributed by atoms with Crippen molar-refractivity contribution in [2.24, 2.45) is 11.8 Å². The number of likely N-dealkylation sites (tertiary alicyclic amines) is 3. The summed E-state index contributed by atoms with van der Waals surface area (Å²) in [6.45, 7) is 10.2. The Morgan fingerprint density at radius 1 is 0.761 bits per heavy atom. The third-order valence-corrected chi connectivity index (χ3v) is 17.6. The summed E-state index contributed by atoms with van der Waals surface area (Å²) >= 11 is 0. The number of piperidine rings is 5. The predicted octanol–water partition coefficient (Wildman–Crippen LogP) is 5.94. The van der Waals surface area contributed by atoms with Crippen LogP contribution in [0, 0.1) is 11.8 Å². The predicted molar refractivity (Wildman–Crippen MR) is 269 cm³/mol. The Labute approximate surface area is 415 Å². The van der Waals surface area contributed by atoms with E-state index in [1.54, 1.807) is 12.4 Å². The van der Waals surface area contributed by atoms with Crippen molar-refractivity contribution in [1.29, 1.82) is 0 Å². The number of nitrogens with one attached hydrogen (secondary N) is 2. The van der Waals surface area contributed by atoms with E-state index in [1.807, 2.05) is 16.1 Å². The Kier molecular flexibility index (Phi) is 12.1. The lowest BCUT2D eigenvalue weighted by Crippen LogP contribution is -2.58. The van der Waals surface area contributed by atoms with Crippen LogP contribution in [0.2, 0.25) is 0 Å². The average Bonchev–Trinajstić information content (AvgIpc) is 4.05. The summed E-state index contributed by atoms with van der Waals surface area (Å²) in [5.41, 5.74) is 5.91. The number of imidazole rings is 1. The van der Waals surface area contributed by atoms with Gasteiger partial charge in [0.2, 0.25) is 35.5 Å². The zero-order valence-electron chi connectivity index (χ0n) is 41.4. The van der Waals surface area contributed by atoms with Crippen molar-refractivity contribution >= 4 is 58.0 Å².